The molecule has 2 aliphatic rings. The summed E-state index contributed by atoms with van der Waals surface area (Å²) in [6.45, 7) is 3.36. The van der Waals surface area contributed by atoms with Gasteiger partial charge in [-0.25, -0.2) is 4.79 Å². The molecule has 3 atom stereocenters. The maximum Gasteiger partial charge on any atom is 0.433 e. The molecule has 24 heavy (non-hydrogen) atoms. The van der Waals surface area contributed by atoms with Gasteiger partial charge in [0.15, 0.2) is 16.9 Å². The molecule has 2 aliphatic heterocycles. The molecule has 3 rings (SSSR count). The molecule has 5 N–H and O–H groups in total. The molecule has 8 nitrogen and oxygen atoms in total. The van der Waals surface area contributed by atoms with E-state index in [4.69, 9.17) is 15.6 Å². The zero-order valence-corrected chi connectivity index (χ0v) is 14.1. The number of nitrogen functional groups attached to an aromatic ring is 1. The largest absolute Gasteiger partial charge is 0.616 e. The van der Waals surface area contributed by atoms with Crippen molar-refractivity contribution >= 4 is 28.8 Å². The van der Waals surface area contributed by atoms with Gasteiger partial charge in [0.05, 0.1) is 6.61 Å². The van der Waals surface area contributed by atoms with E-state index in [-0.39, 0.29) is 18.2 Å². The number of aliphatic hydroxyl groups excluding tert-OH is 1. The Bertz CT molecular complexity index is 723. The number of carboxylic acid groups (broad SMARTS) is 1. The minimum absolute atomic E-state index is 0.0189. The second-order valence-electron chi connectivity index (χ2n) is 6.46. The maximum absolute atomic E-state index is 12.8. The van der Waals surface area contributed by atoms with Gasteiger partial charge in [0.25, 0.3) is 0 Å². The number of aliphatic imine (C=N–C) groups is 1. The number of ether oxygens (including phenoxy) is 1. The summed E-state index contributed by atoms with van der Waals surface area (Å²) in [5.41, 5.74) is 6.54. The highest BCUT2D eigenvalue weighted by atomic mass is 32.2. The number of aliphatic hydroxyl groups is 1. The number of amides is 1. The maximum atomic E-state index is 12.8. The summed E-state index contributed by atoms with van der Waals surface area (Å²) in [7, 11) is 0. The monoisotopic (exact) mass is 353 g/mol. The third-order valence-electron chi connectivity index (χ3n) is 4.43. The topological polar surface area (TPSA) is 140 Å². The minimum Gasteiger partial charge on any atom is -0.616 e. The summed E-state index contributed by atoms with van der Waals surface area (Å²) >= 11 is -1.42. The molecule has 1 spiro atoms. The fraction of sp³-hybridized carbons (Fsp3) is 0.467. The van der Waals surface area contributed by atoms with Crippen LogP contribution < -0.4 is 11.1 Å². The number of benzene rings is 1. The van der Waals surface area contributed by atoms with Crippen LogP contribution in [-0.4, -0.2) is 43.8 Å². The first kappa shape index (κ1) is 17.0. The molecule has 130 valence electrons. The van der Waals surface area contributed by atoms with Crippen LogP contribution in [0, 0.1) is 0 Å². The van der Waals surface area contributed by atoms with Crippen molar-refractivity contribution in [1.82, 2.24) is 5.32 Å². The molecule has 0 aliphatic carbocycles. The number of rotatable bonds is 0. The van der Waals surface area contributed by atoms with E-state index >= 15 is 0 Å². The zero-order chi connectivity index (χ0) is 17.7. The van der Waals surface area contributed by atoms with Crippen molar-refractivity contribution in [3.8, 4) is 0 Å². The molecular weight excluding hydrogens is 334 g/mol. The van der Waals surface area contributed by atoms with Crippen LogP contribution in [0.2, 0.25) is 0 Å². The number of nitrogens with two attached hydrogens (primary N) is 1. The van der Waals surface area contributed by atoms with E-state index in [1.807, 2.05) is 0 Å². The lowest BCUT2D eigenvalue weighted by molar-refractivity contribution is -0.131. The highest BCUT2D eigenvalue weighted by molar-refractivity contribution is 7.93. The quantitative estimate of drug-likeness (QED) is 0.397. The van der Waals surface area contributed by atoms with E-state index < -0.39 is 33.8 Å². The molecule has 1 amide bonds. The molecule has 0 aromatic heterocycles. The molecule has 3 unspecified atom stereocenters. The third kappa shape index (κ3) is 2.63. The van der Waals surface area contributed by atoms with Crippen LogP contribution >= 0.6 is 0 Å². The lowest BCUT2D eigenvalue weighted by atomic mass is 9.85. The Morgan fingerprint density at radius 2 is 2.25 bits per heavy atom. The van der Waals surface area contributed by atoms with Gasteiger partial charge in [-0.3, -0.25) is 0 Å². The number of fused-ring (bicyclic) bond motifs is 2. The van der Waals surface area contributed by atoms with E-state index in [9.17, 15) is 14.5 Å². The molecule has 0 bridgehead atoms. The van der Waals surface area contributed by atoms with Gasteiger partial charge in [0.2, 0.25) is 0 Å². The molecule has 9 heteroatoms. The van der Waals surface area contributed by atoms with E-state index in [1.54, 1.807) is 32.0 Å². The Hall–Kier alpha value is -1.81. The molecule has 0 radical (unpaired) electrons. The summed E-state index contributed by atoms with van der Waals surface area (Å²) in [6, 6.07) is 4.97. The number of amidine groups is 1. The van der Waals surface area contributed by atoms with Crippen LogP contribution in [0.15, 0.2) is 23.2 Å². The second-order valence-corrected chi connectivity index (χ2v) is 8.46. The molecule has 2 heterocycles. The normalized spacial score (nSPS) is 33.1. The third-order valence-corrected chi connectivity index (χ3v) is 6.52. The van der Waals surface area contributed by atoms with Crippen molar-refractivity contribution in [2.75, 3.05) is 18.1 Å². The predicted octanol–water partition coefficient (Wildman–Crippen LogP) is 0.692. The minimum atomic E-state index is -1.42. The van der Waals surface area contributed by atoms with Gasteiger partial charge >= 0.3 is 6.09 Å². The van der Waals surface area contributed by atoms with Crippen LogP contribution in [0.4, 0.5) is 10.5 Å². The highest BCUT2D eigenvalue weighted by Crippen LogP contribution is 2.42. The van der Waals surface area contributed by atoms with Gasteiger partial charge < -0.3 is 30.6 Å². The number of anilines is 1. The summed E-state index contributed by atoms with van der Waals surface area (Å²) < 4.78 is 17.3. The standard InChI is InChI=1S/C15H19N3O5S/c1-14(2)12(17-13(20)21)18-15(7-24(14)22)6-23-11(19)9-4-3-8(16)5-10(9)15/h3-5,11,19H,6-7,16H2,1-2H3,(H,17,18)(H,20,21). The molecule has 1 saturated heterocycles. The number of nitrogens with zero attached hydrogens (tertiary/aromatic N) is 1. The van der Waals surface area contributed by atoms with Gasteiger partial charge in [-0.2, -0.15) is 4.99 Å². The lowest BCUT2D eigenvalue weighted by Crippen LogP contribution is -2.68. The predicted molar refractivity (Wildman–Crippen MR) is 89.1 cm³/mol. The lowest BCUT2D eigenvalue weighted by Gasteiger charge is -2.48. The highest BCUT2D eigenvalue weighted by Gasteiger charge is 2.55. The van der Waals surface area contributed by atoms with Gasteiger partial charge in [0.1, 0.15) is 11.3 Å². The first-order valence-electron chi connectivity index (χ1n) is 7.34. The van der Waals surface area contributed by atoms with Crippen molar-refractivity contribution < 1.29 is 24.3 Å². The van der Waals surface area contributed by atoms with E-state index in [0.717, 1.165) is 0 Å². The van der Waals surface area contributed by atoms with Gasteiger partial charge in [-0.05, 0) is 42.7 Å². The summed E-state index contributed by atoms with van der Waals surface area (Å²) in [5.74, 6) is 0.287. The van der Waals surface area contributed by atoms with Crippen LogP contribution in [-0.2, 0) is 21.5 Å². The number of hydrogen-bond acceptors (Lipinski definition) is 5. The SMILES string of the molecule is CC1(C)C(=NC(=O)O)NC2(COC(O)c3ccc(N)cc32)C[S+]1[O-]. The Labute approximate surface area is 141 Å². The van der Waals surface area contributed by atoms with Crippen molar-refractivity contribution in [3.63, 3.8) is 0 Å². The van der Waals surface area contributed by atoms with Crippen LogP contribution in [0.3, 0.4) is 0 Å². The first-order chi connectivity index (χ1) is 11.2. The smallest absolute Gasteiger partial charge is 0.433 e. The average Bonchev–Trinajstić information content (AvgIpc) is 2.49. The van der Waals surface area contributed by atoms with Crippen molar-refractivity contribution in [2.45, 2.75) is 30.4 Å². The molecule has 1 aromatic carbocycles. The average molecular weight is 353 g/mol. The van der Waals surface area contributed by atoms with Crippen LogP contribution in [0.1, 0.15) is 31.3 Å². The van der Waals surface area contributed by atoms with Gasteiger partial charge in [0, 0.05) is 11.3 Å². The van der Waals surface area contributed by atoms with Crippen molar-refractivity contribution in [2.24, 2.45) is 4.99 Å². The first-order valence-corrected chi connectivity index (χ1v) is 8.66. The fourth-order valence-corrected chi connectivity index (χ4v) is 4.43. The zero-order valence-electron chi connectivity index (χ0n) is 13.3. The number of carbonyl (C=O) groups is 1. The van der Waals surface area contributed by atoms with E-state index in [0.29, 0.717) is 16.8 Å². The Kier molecular flexibility index (Phi) is 3.99. The summed E-state index contributed by atoms with van der Waals surface area (Å²) in [5, 5.41) is 22.2. The fourth-order valence-electron chi connectivity index (χ4n) is 3.00. The Morgan fingerprint density at radius 1 is 1.54 bits per heavy atom. The molecule has 1 aromatic rings. The van der Waals surface area contributed by atoms with E-state index in [2.05, 4.69) is 10.3 Å². The van der Waals surface area contributed by atoms with Gasteiger partial charge in [-0.1, -0.05) is 6.07 Å². The molecular formula is C15H19N3O5S. The Morgan fingerprint density at radius 3 is 2.92 bits per heavy atom. The van der Waals surface area contributed by atoms with Crippen LogP contribution in [0.5, 0.6) is 0 Å². The van der Waals surface area contributed by atoms with E-state index in [1.165, 1.54) is 0 Å². The number of hydrogen-bond donors (Lipinski definition) is 4. The van der Waals surface area contributed by atoms with Gasteiger partial charge in [-0.15, -0.1) is 0 Å². The second kappa shape index (κ2) is 5.62. The Balaban J connectivity index is 2.14. The van der Waals surface area contributed by atoms with Crippen LogP contribution in [0.25, 0.3) is 0 Å². The number of nitrogens with one attached hydrogen (secondary N) is 1. The summed E-state index contributed by atoms with van der Waals surface area (Å²) in [6.07, 6.45) is -2.49. The molecule has 1 fully saturated rings. The molecule has 0 saturated carbocycles. The summed E-state index contributed by atoms with van der Waals surface area (Å²) in [4.78, 5) is 14.7. The van der Waals surface area contributed by atoms with Crippen molar-refractivity contribution in [3.05, 3.63) is 29.3 Å². The van der Waals surface area contributed by atoms with Crippen molar-refractivity contribution in [1.29, 1.82) is 0 Å².